The third-order valence-electron chi connectivity index (χ3n) is 6.55. The van der Waals surface area contributed by atoms with Crippen molar-refractivity contribution in [2.75, 3.05) is 21.3 Å². The molecule has 0 N–H and O–H groups in total. The molecule has 0 saturated heterocycles. The van der Waals surface area contributed by atoms with Crippen LogP contribution in [-0.4, -0.2) is 31.7 Å². The molecule has 1 aromatic heterocycles. The molecule has 188 valence electrons. The Bertz CT molecular complexity index is 1760. The molecule has 0 radical (unpaired) electrons. The van der Waals surface area contributed by atoms with Gasteiger partial charge >= 0.3 is 0 Å². The highest BCUT2D eigenvalue weighted by atomic mass is 32.1. The normalized spacial score (nSPS) is 15.4. The first-order valence-corrected chi connectivity index (χ1v) is 12.5. The molecule has 5 rings (SSSR count). The molecule has 0 fully saturated rings. The van der Waals surface area contributed by atoms with Gasteiger partial charge in [-0.25, -0.2) is 4.99 Å². The van der Waals surface area contributed by atoms with Crippen LogP contribution in [0.5, 0.6) is 17.2 Å². The van der Waals surface area contributed by atoms with Crippen molar-refractivity contribution >= 4 is 34.0 Å². The van der Waals surface area contributed by atoms with Gasteiger partial charge in [0.2, 0.25) is 0 Å². The van der Waals surface area contributed by atoms with Crippen molar-refractivity contribution < 1.29 is 19.0 Å². The summed E-state index contributed by atoms with van der Waals surface area (Å²) in [5.74, 6) is 1.69. The fraction of sp³-hybridized carbons (Fsp3) is 0.207. The molecule has 8 heteroatoms. The van der Waals surface area contributed by atoms with Crippen molar-refractivity contribution in [2.45, 2.75) is 19.9 Å². The van der Waals surface area contributed by atoms with Gasteiger partial charge in [0, 0.05) is 28.5 Å². The molecule has 4 aromatic rings. The van der Waals surface area contributed by atoms with Crippen molar-refractivity contribution in [3.63, 3.8) is 0 Å². The van der Waals surface area contributed by atoms with Gasteiger partial charge in [0.05, 0.1) is 31.9 Å². The van der Waals surface area contributed by atoms with E-state index in [1.807, 2.05) is 55.5 Å². The van der Waals surface area contributed by atoms with E-state index >= 15 is 0 Å². The molecule has 1 aliphatic heterocycles. The summed E-state index contributed by atoms with van der Waals surface area (Å²) in [4.78, 5) is 32.2. The molecule has 1 aliphatic rings. The van der Waals surface area contributed by atoms with Crippen molar-refractivity contribution in [1.29, 1.82) is 0 Å². The molecule has 0 saturated carbocycles. The first kappa shape index (κ1) is 24.5. The van der Waals surface area contributed by atoms with Gasteiger partial charge in [-0.3, -0.25) is 14.2 Å². The molecule has 0 aliphatic carbocycles. The Morgan fingerprint density at radius 3 is 2.46 bits per heavy atom. The highest BCUT2D eigenvalue weighted by Gasteiger charge is 2.33. The summed E-state index contributed by atoms with van der Waals surface area (Å²) in [5.41, 5.74) is 2.30. The molecule has 1 unspecified atom stereocenters. The summed E-state index contributed by atoms with van der Waals surface area (Å²) in [7, 11) is 4.75. The molecule has 1 atom stereocenters. The van der Waals surface area contributed by atoms with E-state index in [9.17, 15) is 9.59 Å². The second-order valence-corrected chi connectivity index (χ2v) is 9.66. The monoisotopic (exact) mass is 514 g/mol. The largest absolute Gasteiger partial charge is 0.497 e. The van der Waals surface area contributed by atoms with Crippen LogP contribution in [0.4, 0.5) is 0 Å². The molecule has 0 amide bonds. The third kappa shape index (κ3) is 4.13. The van der Waals surface area contributed by atoms with E-state index in [0.717, 1.165) is 21.9 Å². The number of Topliss-reactive ketones (excluding diaryl/α,β-unsaturated/α-hetero) is 1. The number of aromatic nitrogens is 1. The molecule has 7 nitrogen and oxygen atoms in total. The summed E-state index contributed by atoms with van der Waals surface area (Å²) in [5, 5.41) is 1.90. The standard InChI is InChI=1S/C29H26N2O5S/c1-16-25(17(2)32)27(26-21-9-7-6-8-18(21)11-13-22(26)35-4)31-28(33)24(37-29(31)30-16)14-19-10-12-20(34-3)15-23(19)36-5/h6-15,27H,1-5H3/b24-14+. The summed E-state index contributed by atoms with van der Waals surface area (Å²) >= 11 is 1.28. The Morgan fingerprint density at radius 1 is 1.00 bits per heavy atom. The first-order chi connectivity index (χ1) is 17.9. The molecule has 3 aromatic carbocycles. The Balaban J connectivity index is 1.83. The van der Waals surface area contributed by atoms with Gasteiger partial charge in [-0.1, -0.05) is 41.7 Å². The number of ether oxygens (including phenoxy) is 3. The number of nitrogens with zero attached hydrogens (tertiary/aromatic N) is 2. The van der Waals surface area contributed by atoms with Crippen LogP contribution in [0.3, 0.4) is 0 Å². The third-order valence-corrected chi connectivity index (χ3v) is 7.54. The predicted molar refractivity (Wildman–Crippen MR) is 144 cm³/mol. The van der Waals surface area contributed by atoms with Crippen molar-refractivity contribution in [3.05, 3.63) is 96.7 Å². The Hall–Kier alpha value is -4.17. The lowest BCUT2D eigenvalue weighted by atomic mass is 9.89. The van der Waals surface area contributed by atoms with E-state index in [4.69, 9.17) is 14.2 Å². The molecular weight excluding hydrogens is 488 g/mol. The van der Waals surface area contributed by atoms with Crippen LogP contribution in [0.1, 0.15) is 31.0 Å². The second kappa shape index (κ2) is 9.71. The Morgan fingerprint density at radius 2 is 1.76 bits per heavy atom. The highest BCUT2D eigenvalue weighted by molar-refractivity contribution is 7.07. The van der Waals surface area contributed by atoms with Gasteiger partial charge in [-0.2, -0.15) is 0 Å². The predicted octanol–water partition coefficient (Wildman–Crippen LogP) is 4.00. The smallest absolute Gasteiger partial charge is 0.271 e. The van der Waals surface area contributed by atoms with E-state index in [-0.39, 0.29) is 11.3 Å². The van der Waals surface area contributed by atoms with E-state index < -0.39 is 6.04 Å². The first-order valence-electron chi connectivity index (χ1n) is 11.7. The highest BCUT2D eigenvalue weighted by Crippen LogP contribution is 2.40. The number of carbonyl (C=O) groups is 1. The van der Waals surface area contributed by atoms with E-state index in [2.05, 4.69) is 4.99 Å². The lowest BCUT2D eigenvalue weighted by Crippen LogP contribution is -2.39. The summed E-state index contributed by atoms with van der Waals surface area (Å²) in [6.07, 6.45) is 1.78. The van der Waals surface area contributed by atoms with Gasteiger partial charge in [0.1, 0.15) is 17.2 Å². The lowest BCUT2D eigenvalue weighted by molar-refractivity contribution is -0.114. The average Bonchev–Trinajstić information content (AvgIpc) is 3.21. The van der Waals surface area contributed by atoms with Crippen molar-refractivity contribution in [3.8, 4) is 17.2 Å². The van der Waals surface area contributed by atoms with Crippen LogP contribution in [0.2, 0.25) is 0 Å². The quantitative estimate of drug-likeness (QED) is 0.389. The number of benzene rings is 3. The number of allylic oxidation sites excluding steroid dienone is 2. The summed E-state index contributed by atoms with van der Waals surface area (Å²) in [6, 6.07) is 16.5. The summed E-state index contributed by atoms with van der Waals surface area (Å²) in [6.45, 7) is 3.32. The van der Waals surface area contributed by atoms with Gasteiger partial charge in [-0.15, -0.1) is 0 Å². The minimum absolute atomic E-state index is 0.146. The minimum Gasteiger partial charge on any atom is -0.497 e. The second-order valence-electron chi connectivity index (χ2n) is 8.65. The number of methoxy groups -OCH3 is 3. The van der Waals surface area contributed by atoms with Crippen LogP contribution in [-0.2, 0) is 4.79 Å². The number of fused-ring (bicyclic) bond motifs is 2. The van der Waals surface area contributed by atoms with E-state index in [1.54, 1.807) is 38.0 Å². The molecule has 2 heterocycles. The van der Waals surface area contributed by atoms with Crippen molar-refractivity contribution in [2.24, 2.45) is 4.99 Å². The average molecular weight is 515 g/mol. The van der Waals surface area contributed by atoms with Gasteiger partial charge in [0.15, 0.2) is 10.6 Å². The fourth-order valence-corrected chi connectivity index (χ4v) is 5.90. The maximum atomic E-state index is 14.0. The van der Waals surface area contributed by atoms with Crippen molar-refractivity contribution in [1.82, 2.24) is 4.57 Å². The zero-order valence-corrected chi connectivity index (χ0v) is 22.0. The Labute approximate surface area is 217 Å². The topological polar surface area (TPSA) is 79.1 Å². The lowest BCUT2D eigenvalue weighted by Gasteiger charge is -2.27. The maximum Gasteiger partial charge on any atom is 0.271 e. The maximum absolute atomic E-state index is 14.0. The number of thiazole rings is 1. The number of hydrogen-bond acceptors (Lipinski definition) is 7. The van der Waals surface area contributed by atoms with Gasteiger partial charge in [0.25, 0.3) is 5.56 Å². The minimum atomic E-state index is -0.685. The van der Waals surface area contributed by atoms with Crippen LogP contribution in [0.25, 0.3) is 16.8 Å². The number of hydrogen-bond donors (Lipinski definition) is 0. The number of ketones is 1. The van der Waals surface area contributed by atoms with Crippen LogP contribution >= 0.6 is 11.3 Å². The summed E-state index contributed by atoms with van der Waals surface area (Å²) < 4.78 is 18.7. The van der Waals surface area contributed by atoms with Gasteiger partial charge < -0.3 is 14.2 Å². The molecule has 37 heavy (non-hydrogen) atoms. The molecule has 0 bridgehead atoms. The zero-order chi connectivity index (χ0) is 26.3. The van der Waals surface area contributed by atoms with Crippen LogP contribution < -0.4 is 29.1 Å². The van der Waals surface area contributed by atoms with Crippen LogP contribution in [0, 0.1) is 0 Å². The number of carbonyl (C=O) groups excluding carboxylic acids is 1. The Kier molecular flexibility index (Phi) is 6.43. The SMILES string of the molecule is COc1ccc(/C=c2/sc3n(c2=O)C(c2c(OC)ccc4ccccc24)C(C(C)=O)=C(C)N=3)c(OC)c1. The molecule has 0 spiro atoms. The van der Waals surface area contributed by atoms with Crippen LogP contribution in [0.15, 0.2) is 75.7 Å². The molecular formula is C29H26N2O5S. The van der Waals surface area contributed by atoms with Gasteiger partial charge in [-0.05, 0) is 48.9 Å². The van der Waals surface area contributed by atoms with E-state index in [1.165, 1.54) is 18.3 Å². The zero-order valence-electron chi connectivity index (χ0n) is 21.2. The fourth-order valence-electron chi connectivity index (χ4n) is 4.86. The van der Waals surface area contributed by atoms with E-state index in [0.29, 0.717) is 37.9 Å². The number of rotatable bonds is 6.